The lowest BCUT2D eigenvalue weighted by Gasteiger charge is -2.36. The average molecular weight is 415 g/mol. The van der Waals surface area contributed by atoms with E-state index in [-0.39, 0.29) is 29.8 Å². The number of benzene rings is 1. The van der Waals surface area contributed by atoms with Crippen LogP contribution in [0.3, 0.4) is 0 Å². The van der Waals surface area contributed by atoms with Gasteiger partial charge in [-0.1, -0.05) is 49.2 Å². The van der Waals surface area contributed by atoms with Gasteiger partial charge < -0.3 is 10.6 Å². The SMILES string of the molecule is Cl.O=C(CN1CCNCC1c1cccnc1)NCC1(c2ccccc2)CCCC1. The molecule has 2 heterocycles. The molecule has 1 aliphatic carbocycles. The molecule has 2 aromatic rings. The molecule has 1 amide bonds. The molecule has 6 heteroatoms. The molecule has 2 N–H and O–H groups in total. The molecule has 1 saturated carbocycles. The van der Waals surface area contributed by atoms with Crippen LogP contribution in [0.15, 0.2) is 54.9 Å². The molecule has 1 atom stereocenters. The molecule has 1 saturated heterocycles. The summed E-state index contributed by atoms with van der Waals surface area (Å²) in [5.41, 5.74) is 2.63. The predicted molar refractivity (Wildman–Crippen MR) is 118 cm³/mol. The Labute approximate surface area is 179 Å². The van der Waals surface area contributed by atoms with Crippen molar-refractivity contribution in [2.24, 2.45) is 0 Å². The van der Waals surface area contributed by atoms with Gasteiger partial charge in [0.2, 0.25) is 5.91 Å². The molecule has 4 rings (SSSR count). The topological polar surface area (TPSA) is 57.3 Å². The summed E-state index contributed by atoms with van der Waals surface area (Å²) in [5, 5.41) is 6.71. The number of piperazine rings is 1. The van der Waals surface area contributed by atoms with Gasteiger partial charge in [0.15, 0.2) is 0 Å². The van der Waals surface area contributed by atoms with Gasteiger partial charge in [0, 0.05) is 50.0 Å². The smallest absolute Gasteiger partial charge is 0.234 e. The normalized spacial score (nSPS) is 21.3. The second kappa shape index (κ2) is 10.2. The number of aromatic nitrogens is 1. The molecule has 156 valence electrons. The molecule has 5 nitrogen and oxygen atoms in total. The van der Waals surface area contributed by atoms with Gasteiger partial charge in [0.05, 0.1) is 6.54 Å². The van der Waals surface area contributed by atoms with E-state index in [0.717, 1.165) is 39.0 Å². The number of rotatable bonds is 6. The maximum atomic E-state index is 12.8. The Balaban J connectivity index is 0.00000240. The van der Waals surface area contributed by atoms with Crippen LogP contribution in [0.2, 0.25) is 0 Å². The van der Waals surface area contributed by atoms with Crippen LogP contribution in [0.1, 0.15) is 42.9 Å². The van der Waals surface area contributed by atoms with Gasteiger partial charge in [-0.15, -0.1) is 12.4 Å². The van der Waals surface area contributed by atoms with Crippen molar-refractivity contribution < 1.29 is 4.79 Å². The van der Waals surface area contributed by atoms with E-state index in [1.165, 1.54) is 24.0 Å². The molecule has 1 unspecified atom stereocenters. The fourth-order valence-electron chi connectivity index (χ4n) is 4.76. The minimum atomic E-state index is 0. The van der Waals surface area contributed by atoms with Crippen LogP contribution in [0.5, 0.6) is 0 Å². The van der Waals surface area contributed by atoms with Gasteiger partial charge in [-0.05, 0) is 30.0 Å². The van der Waals surface area contributed by atoms with Crippen molar-refractivity contribution in [3.05, 3.63) is 66.0 Å². The molecular formula is C23H31ClN4O. The Hall–Kier alpha value is -1.95. The fourth-order valence-corrected chi connectivity index (χ4v) is 4.76. The molecule has 1 aromatic heterocycles. The van der Waals surface area contributed by atoms with Crippen LogP contribution in [-0.4, -0.2) is 48.5 Å². The molecule has 2 aliphatic rings. The third-order valence-electron chi connectivity index (χ3n) is 6.34. The minimum absolute atomic E-state index is 0. The zero-order valence-electron chi connectivity index (χ0n) is 16.8. The molecule has 0 bridgehead atoms. The Morgan fingerprint density at radius 1 is 1.17 bits per heavy atom. The van der Waals surface area contributed by atoms with E-state index in [1.54, 1.807) is 6.20 Å². The van der Waals surface area contributed by atoms with Crippen molar-refractivity contribution >= 4 is 18.3 Å². The third kappa shape index (κ3) is 5.16. The van der Waals surface area contributed by atoms with E-state index in [1.807, 2.05) is 12.3 Å². The lowest BCUT2D eigenvalue weighted by Crippen LogP contribution is -2.50. The second-order valence-corrected chi connectivity index (χ2v) is 8.11. The maximum absolute atomic E-state index is 12.8. The van der Waals surface area contributed by atoms with Crippen molar-refractivity contribution in [3.63, 3.8) is 0 Å². The van der Waals surface area contributed by atoms with Crippen LogP contribution < -0.4 is 10.6 Å². The number of pyridine rings is 1. The summed E-state index contributed by atoms with van der Waals surface area (Å²) in [4.78, 5) is 19.3. The minimum Gasteiger partial charge on any atom is -0.354 e. The number of hydrogen-bond acceptors (Lipinski definition) is 4. The van der Waals surface area contributed by atoms with Gasteiger partial charge in [-0.25, -0.2) is 0 Å². The van der Waals surface area contributed by atoms with E-state index in [2.05, 4.69) is 56.9 Å². The second-order valence-electron chi connectivity index (χ2n) is 8.11. The summed E-state index contributed by atoms with van der Waals surface area (Å²) in [6, 6.07) is 15.0. The lowest BCUT2D eigenvalue weighted by atomic mass is 9.79. The summed E-state index contributed by atoms with van der Waals surface area (Å²) >= 11 is 0. The number of hydrogen-bond donors (Lipinski definition) is 2. The van der Waals surface area contributed by atoms with Crippen molar-refractivity contribution in [2.45, 2.75) is 37.1 Å². The molecular weight excluding hydrogens is 384 g/mol. The number of nitrogens with zero attached hydrogens (tertiary/aromatic N) is 2. The van der Waals surface area contributed by atoms with E-state index in [4.69, 9.17) is 0 Å². The van der Waals surface area contributed by atoms with E-state index < -0.39 is 0 Å². The standard InChI is InChI=1S/C23H30N4O.ClH/c28-22(17-27-14-13-25-16-21(27)19-7-6-12-24-15-19)26-18-23(10-4-5-11-23)20-8-2-1-3-9-20;/h1-3,6-9,12,15,21,25H,4-5,10-11,13-14,16-18H2,(H,26,28);1H. The summed E-state index contributed by atoms with van der Waals surface area (Å²) in [6.45, 7) is 3.81. The highest BCUT2D eigenvalue weighted by atomic mass is 35.5. The number of carbonyl (C=O) groups excluding carboxylic acids is 1. The van der Waals surface area contributed by atoms with E-state index >= 15 is 0 Å². The Kier molecular flexibility index (Phi) is 7.64. The summed E-state index contributed by atoms with van der Waals surface area (Å²) < 4.78 is 0. The molecule has 2 fully saturated rings. The first-order valence-corrected chi connectivity index (χ1v) is 10.4. The van der Waals surface area contributed by atoms with Gasteiger partial charge in [0.25, 0.3) is 0 Å². The largest absolute Gasteiger partial charge is 0.354 e. The van der Waals surface area contributed by atoms with Gasteiger partial charge >= 0.3 is 0 Å². The molecule has 29 heavy (non-hydrogen) atoms. The lowest BCUT2D eigenvalue weighted by molar-refractivity contribution is -0.123. The summed E-state index contributed by atoms with van der Waals surface area (Å²) in [6.07, 6.45) is 8.50. The predicted octanol–water partition coefficient (Wildman–Crippen LogP) is 3.08. The Bertz CT molecular complexity index is 765. The van der Waals surface area contributed by atoms with E-state index in [9.17, 15) is 4.79 Å². The first kappa shape index (κ1) is 21.8. The maximum Gasteiger partial charge on any atom is 0.234 e. The monoisotopic (exact) mass is 414 g/mol. The van der Waals surface area contributed by atoms with Crippen LogP contribution >= 0.6 is 12.4 Å². The molecule has 0 radical (unpaired) electrons. The third-order valence-corrected chi connectivity index (χ3v) is 6.34. The number of carbonyl (C=O) groups is 1. The van der Waals surface area contributed by atoms with Crippen LogP contribution in [0, 0.1) is 0 Å². The van der Waals surface area contributed by atoms with Gasteiger partial charge in [0.1, 0.15) is 0 Å². The van der Waals surface area contributed by atoms with Crippen molar-refractivity contribution in [2.75, 3.05) is 32.7 Å². The Morgan fingerprint density at radius 2 is 1.97 bits per heavy atom. The highest BCUT2D eigenvalue weighted by Crippen LogP contribution is 2.40. The number of halogens is 1. The number of nitrogens with one attached hydrogen (secondary N) is 2. The van der Waals surface area contributed by atoms with Crippen molar-refractivity contribution in [3.8, 4) is 0 Å². The Morgan fingerprint density at radius 3 is 2.69 bits per heavy atom. The molecule has 1 aromatic carbocycles. The van der Waals surface area contributed by atoms with E-state index in [0.29, 0.717) is 6.54 Å². The molecule has 1 aliphatic heterocycles. The van der Waals surface area contributed by atoms with Crippen LogP contribution in [-0.2, 0) is 10.2 Å². The number of amides is 1. The van der Waals surface area contributed by atoms with Gasteiger partial charge in [-0.2, -0.15) is 0 Å². The van der Waals surface area contributed by atoms with Crippen molar-refractivity contribution in [1.82, 2.24) is 20.5 Å². The quantitative estimate of drug-likeness (QED) is 0.762. The zero-order valence-corrected chi connectivity index (χ0v) is 17.7. The molecule has 0 spiro atoms. The van der Waals surface area contributed by atoms with Crippen molar-refractivity contribution in [1.29, 1.82) is 0 Å². The van der Waals surface area contributed by atoms with Crippen LogP contribution in [0.25, 0.3) is 0 Å². The van der Waals surface area contributed by atoms with Gasteiger partial charge in [-0.3, -0.25) is 14.7 Å². The summed E-state index contributed by atoms with van der Waals surface area (Å²) in [5.74, 6) is 0.123. The first-order chi connectivity index (χ1) is 13.8. The fraction of sp³-hybridized carbons (Fsp3) is 0.478. The highest BCUT2D eigenvalue weighted by molar-refractivity contribution is 5.85. The van der Waals surface area contributed by atoms with Crippen LogP contribution in [0.4, 0.5) is 0 Å². The highest BCUT2D eigenvalue weighted by Gasteiger charge is 2.36. The summed E-state index contributed by atoms with van der Waals surface area (Å²) in [7, 11) is 0. The first-order valence-electron chi connectivity index (χ1n) is 10.4. The zero-order chi connectivity index (χ0) is 19.2. The average Bonchev–Trinajstić information content (AvgIpc) is 3.24.